The molecule has 1 unspecified atom stereocenters. The number of hydrogen-bond acceptors (Lipinski definition) is 7. The van der Waals surface area contributed by atoms with E-state index in [1.165, 1.54) is 24.3 Å². The van der Waals surface area contributed by atoms with Gasteiger partial charge in [-0.3, -0.25) is 24.5 Å². The number of non-ortho nitro benzene ring substituents is 1. The first-order valence-corrected chi connectivity index (χ1v) is 9.93. The minimum absolute atomic E-state index is 0. The van der Waals surface area contributed by atoms with E-state index in [4.69, 9.17) is 5.11 Å². The number of nitrogens with zero attached hydrogens (tertiary/aromatic N) is 2. The van der Waals surface area contributed by atoms with Gasteiger partial charge in [0.25, 0.3) is 5.69 Å². The van der Waals surface area contributed by atoms with Gasteiger partial charge < -0.3 is 21.1 Å². The molecule has 1 atom stereocenters. The summed E-state index contributed by atoms with van der Waals surface area (Å²) in [5, 5.41) is 28.0. The number of carbonyl (C=O) groups excluding carboxylic acids is 2. The van der Waals surface area contributed by atoms with Crippen molar-refractivity contribution in [1.82, 2.24) is 15.6 Å². The van der Waals surface area contributed by atoms with E-state index in [2.05, 4.69) is 20.9 Å². The molecule has 33 heavy (non-hydrogen) atoms. The van der Waals surface area contributed by atoms with Crippen LogP contribution in [0.25, 0.3) is 0 Å². The van der Waals surface area contributed by atoms with Crippen LogP contribution in [-0.4, -0.2) is 45.9 Å². The Morgan fingerprint density at radius 3 is 2.45 bits per heavy atom. The number of rotatable bonds is 12. The van der Waals surface area contributed by atoms with Gasteiger partial charge in [-0.2, -0.15) is 0 Å². The van der Waals surface area contributed by atoms with Crippen molar-refractivity contribution in [2.75, 3.05) is 18.4 Å². The maximum absolute atomic E-state index is 12.2. The van der Waals surface area contributed by atoms with Crippen molar-refractivity contribution in [3.05, 3.63) is 63.8 Å². The molecule has 2 amide bonds. The summed E-state index contributed by atoms with van der Waals surface area (Å²) < 4.78 is 0. The van der Waals surface area contributed by atoms with Gasteiger partial charge in [-0.1, -0.05) is 12.1 Å². The molecule has 0 aliphatic heterocycles. The Kier molecular flexibility index (Phi) is 12.0. The second-order valence-corrected chi connectivity index (χ2v) is 7.09. The monoisotopic (exact) mass is 466 g/mol. The largest absolute Gasteiger partial charge is 1.00 e. The molecule has 170 valence electrons. The van der Waals surface area contributed by atoms with Gasteiger partial charge >= 0.3 is 35.5 Å². The number of aryl methyl sites for hydroxylation is 1. The average Bonchev–Trinajstić information content (AvgIpc) is 2.74. The second-order valence-electron chi connectivity index (χ2n) is 7.09. The van der Waals surface area contributed by atoms with Crippen molar-refractivity contribution in [2.45, 2.75) is 32.2 Å². The van der Waals surface area contributed by atoms with Crippen LogP contribution in [0.1, 0.15) is 36.4 Å². The topological polar surface area (TPSA) is 164 Å². The van der Waals surface area contributed by atoms with Gasteiger partial charge in [0.05, 0.1) is 23.9 Å². The first-order chi connectivity index (χ1) is 15.2. The number of hydrogen-bond donors (Lipinski definition) is 4. The summed E-state index contributed by atoms with van der Waals surface area (Å²) in [5.74, 6) is -1.30. The summed E-state index contributed by atoms with van der Waals surface area (Å²) in [6, 6.07) is 8.14. The van der Waals surface area contributed by atoms with Gasteiger partial charge in [0, 0.05) is 31.3 Å². The summed E-state index contributed by atoms with van der Waals surface area (Å²) in [6.07, 6.45) is 2.02. The predicted octanol–water partition coefficient (Wildman–Crippen LogP) is -1.06. The molecule has 1 aromatic carbocycles. The fourth-order valence-electron chi connectivity index (χ4n) is 2.87. The van der Waals surface area contributed by atoms with Gasteiger partial charge in [0.1, 0.15) is 5.82 Å². The zero-order chi connectivity index (χ0) is 23.5. The van der Waals surface area contributed by atoms with E-state index in [1.807, 2.05) is 19.1 Å². The molecule has 0 saturated heterocycles. The van der Waals surface area contributed by atoms with Crippen LogP contribution in [0.3, 0.4) is 0 Å². The van der Waals surface area contributed by atoms with Crippen LogP contribution in [0.15, 0.2) is 42.6 Å². The summed E-state index contributed by atoms with van der Waals surface area (Å²) in [5.41, 5.74) is 1.34. The Bertz CT molecular complexity index is 970. The van der Waals surface area contributed by atoms with Crippen LogP contribution in [-0.2, 0) is 14.4 Å². The third kappa shape index (κ3) is 10.4. The Hall–Kier alpha value is -3.02. The van der Waals surface area contributed by atoms with E-state index in [-0.39, 0.29) is 54.1 Å². The number of benzene rings is 1. The zero-order valence-corrected chi connectivity index (χ0v) is 20.5. The fraction of sp³-hybridized carbons (Fsp3) is 0.333. The summed E-state index contributed by atoms with van der Waals surface area (Å²) >= 11 is 0. The molecule has 2 rings (SSSR count). The van der Waals surface area contributed by atoms with E-state index >= 15 is 0 Å². The molecule has 1 aromatic heterocycles. The molecular formula is C21H25N5NaO6+. The van der Waals surface area contributed by atoms with Crippen LogP contribution in [0, 0.1) is 17.0 Å². The molecule has 11 nitrogen and oxygen atoms in total. The zero-order valence-electron chi connectivity index (χ0n) is 18.5. The number of carboxylic acids is 1. The van der Waals surface area contributed by atoms with Crippen LogP contribution in [0.5, 0.6) is 0 Å². The molecular weight excluding hydrogens is 441 g/mol. The van der Waals surface area contributed by atoms with Crippen molar-refractivity contribution < 1.29 is 54.0 Å². The SMILES string of the molecule is Cc1ccnc(NCCCC(=O)NCC(=O)NC(CC(=O)O)c2ccc([N+](=O)[O-])cc2)c1.[Na+]. The number of nitrogens with one attached hydrogen (secondary N) is 3. The average molecular weight is 466 g/mol. The maximum atomic E-state index is 12.2. The van der Waals surface area contributed by atoms with E-state index in [0.717, 1.165) is 11.4 Å². The van der Waals surface area contributed by atoms with E-state index in [0.29, 0.717) is 18.5 Å². The Labute approximate surface area is 212 Å². The molecule has 12 heteroatoms. The normalized spacial score (nSPS) is 10.9. The predicted molar refractivity (Wildman–Crippen MR) is 116 cm³/mol. The molecule has 2 aromatic rings. The first kappa shape index (κ1) is 28.0. The van der Waals surface area contributed by atoms with Gasteiger partial charge in [0.2, 0.25) is 11.8 Å². The molecule has 0 spiro atoms. The number of pyridine rings is 1. The number of aromatic nitrogens is 1. The number of anilines is 1. The van der Waals surface area contributed by atoms with Gasteiger partial charge in [-0.05, 0) is 36.6 Å². The third-order valence-corrected chi connectivity index (χ3v) is 4.47. The van der Waals surface area contributed by atoms with E-state index in [1.54, 1.807) is 6.20 Å². The minimum atomic E-state index is -1.15. The Morgan fingerprint density at radius 1 is 1.15 bits per heavy atom. The van der Waals surface area contributed by atoms with Crippen LogP contribution in [0.2, 0.25) is 0 Å². The molecule has 0 fully saturated rings. The van der Waals surface area contributed by atoms with E-state index < -0.39 is 29.3 Å². The molecule has 0 saturated carbocycles. The molecule has 1 heterocycles. The number of nitro benzene ring substituents is 1. The van der Waals surface area contributed by atoms with E-state index in [9.17, 15) is 24.5 Å². The molecule has 0 aliphatic carbocycles. The van der Waals surface area contributed by atoms with Crippen molar-refractivity contribution >= 4 is 29.3 Å². The van der Waals surface area contributed by atoms with Crippen LogP contribution < -0.4 is 45.5 Å². The number of carbonyl (C=O) groups is 3. The maximum Gasteiger partial charge on any atom is 1.00 e. The third-order valence-electron chi connectivity index (χ3n) is 4.47. The summed E-state index contributed by atoms with van der Waals surface area (Å²) in [7, 11) is 0. The van der Waals surface area contributed by atoms with Crippen molar-refractivity contribution in [3.63, 3.8) is 0 Å². The van der Waals surface area contributed by atoms with Gasteiger partial charge in [-0.25, -0.2) is 4.98 Å². The van der Waals surface area contributed by atoms with Crippen LogP contribution in [0.4, 0.5) is 11.5 Å². The van der Waals surface area contributed by atoms with Crippen LogP contribution >= 0.6 is 0 Å². The second kappa shape index (κ2) is 14.2. The Balaban J connectivity index is 0.00000544. The number of carboxylic acid groups (broad SMARTS) is 1. The van der Waals surface area contributed by atoms with Gasteiger partial charge in [0.15, 0.2) is 0 Å². The summed E-state index contributed by atoms with van der Waals surface area (Å²) in [4.78, 5) is 49.6. The quantitative estimate of drug-likeness (QED) is 0.133. The first-order valence-electron chi connectivity index (χ1n) is 9.93. The minimum Gasteiger partial charge on any atom is -0.481 e. The van der Waals surface area contributed by atoms with Crippen molar-refractivity contribution in [2.24, 2.45) is 0 Å². The molecule has 0 bridgehead atoms. The van der Waals surface area contributed by atoms with Gasteiger partial charge in [-0.15, -0.1) is 0 Å². The standard InChI is InChI=1S/C21H25N5O6.Na/c1-14-8-10-23-18(11-14)22-9-2-3-19(27)24-13-20(28)25-17(12-21(29)30)15-4-6-16(7-5-15)26(31)32;/h4-8,10-11,17H,2-3,9,12-13H2,1H3,(H,22,23)(H,24,27)(H,25,28)(H,29,30);/q;+1. The Morgan fingerprint density at radius 2 is 1.85 bits per heavy atom. The smallest absolute Gasteiger partial charge is 0.481 e. The molecule has 4 N–H and O–H groups in total. The fourth-order valence-corrected chi connectivity index (χ4v) is 2.87. The van der Waals surface area contributed by atoms with Crippen molar-refractivity contribution in [1.29, 1.82) is 0 Å². The summed E-state index contributed by atoms with van der Waals surface area (Å²) in [6.45, 7) is 2.18. The number of amides is 2. The van der Waals surface area contributed by atoms with Crippen molar-refractivity contribution in [3.8, 4) is 0 Å². The molecule has 0 aliphatic rings. The molecule has 0 radical (unpaired) electrons. The number of nitro groups is 1. The number of aliphatic carboxylic acids is 1.